The zero-order valence-electron chi connectivity index (χ0n) is 17.0. The average molecular weight is 383 g/mol. The second-order valence-electron chi connectivity index (χ2n) is 7.99. The monoisotopic (exact) mass is 382 g/mol. The summed E-state index contributed by atoms with van der Waals surface area (Å²) in [7, 11) is -2.39. The molecule has 0 heterocycles. The Morgan fingerprint density at radius 2 is 1.30 bits per heavy atom. The number of allylic oxidation sites excluding steroid dienone is 2. The van der Waals surface area contributed by atoms with E-state index < -0.39 is 8.32 Å². The summed E-state index contributed by atoms with van der Waals surface area (Å²) in [6, 6.07) is 21.6. The van der Waals surface area contributed by atoms with Gasteiger partial charge in [0.2, 0.25) is 0 Å². The summed E-state index contributed by atoms with van der Waals surface area (Å²) in [5.74, 6) is 0. The lowest BCUT2D eigenvalue weighted by molar-refractivity contribution is 0.289. The molecule has 0 aliphatic rings. The molecule has 2 aromatic carbocycles. The number of rotatable bonds is 10. The normalized spacial score (nSPS) is 12.6. The van der Waals surface area contributed by atoms with E-state index in [1.807, 2.05) is 0 Å². The fraction of sp³-hybridized carbons (Fsp3) is 0.417. The summed E-state index contributed by atoms with van der Waals surface area (Å²) >= 11 is 0. The van der Waals surface area contributed by atoms with Crippen molar-refractivity contribution in [2.75, 3.05) is 13.2 Å². The molecule has 0 bridgehead atoms. The maximum absolute atomic E-state index is 8.84. The Hall–Kier alpha value is -1.68. The van der Waals surface area contributed by atoms with Crippen molar-refractivity contribution in [3.8, 4) is 0 Å². The van der Waals surface area contributed by atoms with Gasteiger partial charge in [0.25, 0.3) is 8.32 Å². The van der Waals surface area contributed by atoms with Crippen LogP contribution in [0.3, 0.4) is 0 Å². The fourth-order valence-corrected chi connectivity index (χ4v) is 8.24. The fourth-order valence-electron chi connectivity index (χ4n) is 3.63. The molecule has 0 unspecified atom stereocenters. The average Bonchev–Trinajstić information content (AvgIpc) is 2.67. The molecule has 27 heavy (non-hydrogen) atoms. The van der Waals surface area contributed by atoms with Crippen LogP contribution in [-0.2, 0) is 4.43 Å². The first-order valence-corrected chi connectivity index (χ1v) is 11.9. The van der Waals surface area contributed by atoms with Crippen molar-refractivity contribution in [1.82, 2.24) is 0 Å². The van der Waals surface area contributed by atoms with E-state index in [2.05, 4.69) is 93.6 Å². The minimum absolute atomic E-state index is 0.0344. The van der Waals surface area contributed by atoms with Gasteiger partial charge in [-0.15, -0.1) is 0 Å². The number of unbranched alkanes of at least 4 members (excludes halogenated alkanes) is 2. The van der Waals surface area contributed by atoms with E-state index in [-0.39, 0.29) is 11.6 Å². The molecule has 0 atom stereocenters. The van der Waals surface area contributed by atoms with Crippen LogP contribution in [-0.4, -0.2) is 26.6 Å². The molecule has 2 aromatic rings. The third kappa shape index (κ3) is 5.65. The van der Waals surface area contributed by atoms with Gasteiger partial charge in [-0.1, -0.05) is 93.6 Å². The summed E-state index contributed by atoms with van der Waals surface area (Å²) in [5, 5.41) is 11.5. The van der Waals surface area contributed by atoms with Crippen LogP contribution in [0.2, 0.25) is 5.04 Å². The summed E-state index contributed by atoms with van der Waals surface area (Å²) in [4.78, 5) is 0. The quantitative estimate of drug-likeness (QED) is 0.367. The van der Waals surface area contributed by atoms with E-state index in [1.54, 1.807) is 0 Å². The van der Waals surface area contributed by atoms with Crippen LogP contribution in [0.25, 0.3) is 0 Å². The van der Waals surface area contributed by atoms with Crippen LogP contribution in [0.5, 0.6) is 0 Å². The molecule has 3 heteroatoms. The molecule has 146 valence electrons. The van der Waals surface area contributed by atoms with Gasteiger partial charge in [0.15, 0.2) is 0 Å². The van der Waals surface area contributed by atoms with Gasteiger partial charge in [0.1, 0.15) is 0 Å². The number of aliphatic hydroxyl groups is 1. The molecular weight excluding hydrogens is 348 g/mol. The Balaban J connectivity index is 2.21. The van der Waals surface area contributed by atoms with E-state index in [9.17, 15) is 0 Å². The Kier molecular flexibility index (Phi) is 8.49. The second kappa shape index (κ2) is 10.6. The molecule has 0 aliphatic heterocycles. The van der Waals surface area contributed by atoms with Crippen molar-refractivity contribution >= 4 is 18.7 Å². The van der Waals surface area contributed by atoms with Crippen LogP contribution >= 0.6 is 0 Å². The van der Waals surface area contributed by atoms with Crippen LogP contribution in [0.15, 0.2) is 72.8 Å². The van der Waals surface area contributed by atoms with Crippen molar-refractivity contribution in [2.45, 2.75) is 51.5 Å². The Morgan fingerprint density at radius 3 is 1.74 bits per heavy atom. The minimum Gasteiger partial charge on any atom is -0.407 e. The summed E-state index contributed by atoms with van der Waals surface area (Å²) in [6.07, 6.45) is 8.20. The Labute approximate surface area is 166 Å². The van der Waals surface area contributed by atoms with Crippen LogP contribution < -0.4 is 10.4 Å². The van der Waals surface area contributed by atoms with Gasteiger partial charge in [0.05, 0.1) is 0 Å². The molecule has 0 aliphatic carbocycles. The highest BCUT2D eigenvalue weighted by Gasteiger charge is 2.49. The largest absolute Gasteiger partial charge is 0.407 e. The van der Waals surface area contributed by atoms with Crippen LogP contribution in [0.4, 0.5) is 0 Å². The highest BCUT2D eigenvalue weighted by atomic mass is 28.4. The lowest BCUT2D eigenvalue weighted by atomic mass is 10.2. The van der Waals surface area contributed by atoms with Gasteiger partial charge in [-0.25, -0.2) is 0 Å². The number of hydrogen-bond donors (Lipinski definition) is 1. The second-order valence-corrected chi connectivity index (χ2v) is 12.3. The first-order valence-electron chi connectivity index (χ1n) is 10.0. The van der Waals surface area contributed by atoms with Gasteiger partial charge in [-0.3, -0.25) is 0 Å². The maximum atomic E-state index is 8.84. The predicted molar refractivity (Wildman–Crippen MR) is 118 cm³/mol. The minimum atomic E-state index is -2.39. The molecule has 0 aromatic heterocycles. The summed E-state index contributed by atoms with van der Waals surface area (Å²) < 4.78 is 6.86. The lowest BCUT2D eigenvalue weighted by Gasteiger charge is -2.43. The van der Waals surface area contributed by atoms with E-state index in [4.69, 9.17) is 9.53 Å². The zero-order valence-corrected chi connectivity index (χ0v) is 18.0. The summed E-state index contributed by atoms with van der Waals surface area (Å²) in [6.45, 7) is 7.97. The van der Waals surface area contributed by atoms with E-state index in [0.717, 1.165) is 32.3 Å². The number of aliphatic hydroxyl groups excluding tert-OH is 1. The van der Waals surface area contributed by atoms with Crippen molar-refractivity contribution in [3.63, 3.8) is 0 Å². The molecule has 1 N–H and O–H groups in total. The first kappa shape index (κ1) is 21.6. The van der Waals surface area contributed by atoms with Gasteiger partial charge < -0.3 is 9.53 Å². The van der Waals surface area contributed by atoms with Gasteiger partial charge >= 0.3 is 0 Å². The van der Waals surface area contributed by atoms with Crippen molar-refractivity contribution in [3.05, 3.63) is 72.8 Å². The highest BCUT2D eigenvalue weighted by molar-refractivity contribution is 6.99. The molecule has 2 nitrogen and oxygen atoms in total. The molecule has 0 saturated carbocycles. The molecule has 0 radical (unpaired) electrons. The topological polar surface area (TPSA) is 29.5 Å². The first-order chi connectivity index (χ1) is 13.0. The Bertz CT molecular complexity index is 635. The Morgan fingerprint density at radius 1 is 0.815 bits per heavy atom. The molecule has 0 amide bonds. The SMILES string of the molecule is CC(C)(C)[Si](OCCC/C=C\CCCO)(c1ccccc1)c1ccccc1. The third-order valence-electron chi connectivity index (χ3n) is 4.95. The van der Waals surface area contributed by atoms with Crippen LogP contribution in [0.1, 0.15) is 46.5 Å². The number of benzene rings is 2. The molecule has 0 fully saturated rings. The summed E-state index contributed by atoms with van der Waals surface area (Å²) in [5.41, 5.74) is 0. The van der Waals surface area contributed by atoms with Gasteiger partial charge in [-0.2, -0.15) is 0 Å². The molecule has 2 rings (SSSR count). The van der Waals surface area contributed by atoms with Crippen molar-refractivity contribution in [2.24, 2.45) is 0 Å². The smallest absolute Gasteiger partial charge is 0.261 e. The van der Waals surface area contributed by atoms with Crippen LogP contribution in [0, 0.1) is 0 Å². The van der Waals surface area contributed by atoms with Gasteiger partial charge in [0, 0.05) is 13.2 Å². The molecule has 0 saturated heterocycles. The van der Waals surface area contributed by atoms with E-state index in [1.165, 1.54) is 10.4 Å². The maximum Gasteiger partial charge on any atom is 0.261 e. The highest BCUT2D eigenvalue weighted by Crippen LogP contribution is 2.36. The third-order valence-corrected chi connectivity index (χ3v) is 9.99. The van der Waals surface area contributed by atoms with Crippen molar-refractivity contribution in [1.29, 1.82) is 0 Å². The lowest BCUT2D eigenvalue weighted by Crippen LogP contribution is -2.66. The van der Waals surface area contributed by atoms with Gasteiger partial charge in [-0.05, 0) is 41.1 Å². The van der Waals surface area contributed by atoms with Crippen molar-refractivity contribution < 1.29 is 9.53 Å². The predicted octanol–water partition coefficient (Wildman–Crippen LogP) is 4.67. The molecular formula is C24H34O2Si. The standard InChI is InChI=1S/C24H34O2Si/c1-24(2,3)27(22-16-10-8-11-17-22,23-18-12-9-13-19-23)26-21-15-7-5-4-6-14-20-25/h4-5,8-13,16-19,25H,6-7,14-15,20-21H2,1-3H3/b5-4-. The van der Waals surface area contributed by atoms with E-state index >= 15 is 0 Å². The molecule has 0 spiro atoms. The van der Waals surface area contributed by atoms with E-state index in [0.29, 0.717) is 0 Å². The number of hydrogen-bond acceptors (Lipinski definition) is 2. The zero-order chi connectivity index (χ0) is 19.6.